The van der Waals surface area contributed by atoms with Crippen molar-refractivity contribution in [3.8, 4) is 0 Å². The summed E-state index contributed by atoms with van der Waals surface area (Å²) >= 11 is 1.48. The molecule has 5 nitrogen and oxygen atoms in total. The number of rotatable bonds is 8. The second kappa shape index (κ2) is 8.36. The largest absolute Gasteiger partial charge is 0.383 e. The number of nitrogens with one attached hydrogen (secondary N) is 1. The van der Waals surface area contributed by atoms with Crippen molar-refractivity contribution in [1.82, 2.24) is 10.3 Å². The summed E-state index contributed by atoms with van der Waals surface area (Å²) in [6, 6.07) is 2.42. The number of amides is 1. The van der Waals surface area contributed by atoms with Gasteiger partial charge in [-0.15, -0.1) is 11.3 Å². The van der Waals surface area contributed by atoms with E-state index in [9.17, 15) is 4.79 Å². The maximum absolute atomic E-state index is 11.6. The van der Waals surface area contributed by atoms with E-state index in [0.29, 0.717) is 17.5 Å². The Kier molecular flexibility index (Phi) is 7.15. The molecule has 114 valence electrons. The van der Waals surface area contributed by atoms with Crippen LogP contribution in [0.1, 0.15) is 40.4 Å². The van der Waals surface area contributed by atoms with Gasteiger partial charge in [-0.25, -0.2) is 5.84 Å². The van der Waals surface area contributed by atoms with Gasteiger partial charge in [0.05, 0.1) is 11.5 Å². The monoisotopic (exact) mass is 299 g/mol. The molecule has 0 saturated carbocycles. The van der Waals surface area contributed by atoms with E-state index in [4.69, 9.17) is 10.6 Å². The Morgan fingerprint density at radius 2 is 2.30 bits per heavy atom. The zero-order chi connectivity index (χ0) is 15.1. The highest BCUT2D eigenvalue weighted by Crippen LogP contribution is 2.23. The van der Waals surface area contributed by atoms with E-state index in [0.717, 1.165) is 24.4 Å². The SMILES string of the molecule is CCC(C)N(CCOC)Cc1cc(C(=O)NN)sc1C. The fourth-order valence-electron chi connectivity index (χ4n) is 2.00. The summed E-state index contributed by atoms with van der Waals surface area (Å²) in [5.41, 5.74) is 3.37. The molecule has 1 aromatic heterocycles. The summed E-state index contributed by atoms with van der Waals surface area (Å²) in [5, 5.41) is 0. The van der Waals surface area contributed by atoms with Crippen LogP contribution in [0.15, 0.2) is 6.07 Å². The second-order valence-corrected chi connectivity index (χ2v) is 6.14. The van der Waals surface area contributed by atoms with Crippen LogP contribution in [-0.4, -0.2) is 37.1 Å². The lowest BCUT2D eigenvalue weighted by molar-refractivity contribution is 0.0957. The smallest absolute Gasteiger partial charge is 0.275 e. The first-order valence-corrected chi connectivity index (χ1v) is 7.68. The van der Waals surface area contributed by atoms with Crippen molar-refractivity contribution in [2.24, 2.45) is 5.84 Å². The molecule has 0 bridgehead atoms. The average Bonchev–Trinajstić information content (AvgIpc) is 2.82. The number of hydrazine groups is 1. The van der Waals surface area contributed by atoms with Crippen LogP contribution < -0.4 is 11.3 Å². The summed E-state index contributed by atoms with van der Waals surface area (Å²) in [6.07, 6.45) is 1.09. The summed E-state index contributed by atoms with van der Waals surface area (Å²) in [4.78, 5) is 15.8. The third-order valence-electron chi connectivity index (χ3n) is 3.55. The lowest BCUT2D eigenvalue weighted by atomic mass is 10.1. The van der Waals surface area contributed by atoms with Crippen LogP contribution in [0, 0.1) is 6.92 Å². The van der Waals surface area contributed by atoms with E-state index >= 15 is 0 Å². The number of hydrogen-bond donors (Lipinski definition) is 2. The van der Waals surface area contributed by atoms with Crippen molar-refractivity contribution in [3.05, 3.63) is 21.4 Å². The highest BCUT2D eigenvalue weighted by atomic mass is 32.1. The number of hydrogen-bond acceptors (Lipinski definition) is 5. The minimum absolute atomic E-state index is 0.226. The van der Waals surface area contributed by atoms with Crippen LogP contribution in [0.4, 0.5) is 0 Å². The number of methoxy groups -OCH3 is 1. The fourth-order valence-corrected chi connectivity index (χ4v) is 2.94. The Bertz CT molecular complexity index is 434. The van der Waals surface area contributed by atoms with Crippen molar-refractivity contribution in [3.63, 3.8) is 0 Å². The van der Waals surface area contributed by atoms with E-state index in [1.807, 2.05) is 13.0 Å². The highest BCUT2D eigenvalue weighted by molar-refractivity contribution is 7.14. The van der Waals surface area contributed by atoms with Gasteiger partial charge in [0.25, 0.3) is 5.91 Å². The van der Waals surface area contributed by atoms with Gasteiger partial charge >= 0.3 is 0 Å². The van der Waals surface area contributed by atoms with Crippen LogP contribution in [-0.2, 0) is 11.3 Å². The number of carbonyl (C=O) groups is 1. The molecule has 20 heavy (non-hydrogen) atoms. The lowest BCUT2D eigenvalue weighted by Crippen LogP contribution is -2.35. The Morgan fingerprint density at radius 1 is 1.60 bits per heavy atom. The average molecular weight is 299 g/mol. The summed E-state index contributed by atoms with van der Waals surface area (Å²) in [6.45, 7) is 8.86. The molecule has 1 rings (SSSR count). The lowest BCUT2D eigenvalue weighted by Gasteiger charge is -2.28. The standard InChI is InChI=1S/C14H25N3O2S/c1-5-10(2)17(6-7-19-4)9-12-8-13(14(18)16-15)20-11(12)3/h8,10H,5-7,9,15H2,1-4H3,(H,16,18). The van der Waals surface area contributed by atoms with Gasteiger partial charge in [-0.05, 0) is 31.9 Å². The van der Waals surface area contributed by atoms with E-state index < -0.39 is 0 Å². The molecular weight excluding hydrogens is 274 g/mol. The van der Waals surface area contributed by atoms with Crippen LogP contribution in [0.5, 0.6) is 0 Å². The van der Waals surface area contributed by atoms with Gasteiger partial charge in [0.1, 0.15) is 0 Å². The molecule has 0 fully saturated rings. The molecule has 0 aliphatic heterocycles. The minimum Gasteiger partial charge on any atom is -0.383 e. The molecule has 3 N–H and O–H groups in total. The Balaban J connectivity index is 2.82. The molecule has 1 aromatic rings. The van der Waals surface area contributed by atoms with Crippen LogP contribution in [0.2, 0.25) is 0 Å². The van der Waals surface area contributed by atoms with Gasteiger partial charge in [-0.2, -0.15) is 0 Å². The van der Waals surface area contributed by atoms with Gasteiger partial charge in [0.2, 0.25) is 0 Å². The molecule has 6 heteroatoms. The van der Waals surface area contributed by atoms with Gasteiger partial charge in [-0.3, -0.25) is 15.1 Å². The fraction of sp³-hybridized carbons (Fsp3) is 0.643. The van der Waals surface area contributed by atoms with E-state index in [1.54, 1.807) is 7.11 Å². The normalized spacial score (nSPS) is 12.7. The number of ether oxygens (including phenoxy) is 1. The zero-order valence-corrected chi connectivity index (χ0v) is 13.5. The summed E-state index contributed by atoms with van der Waals surface area (Å²) in [5.74, 6) is 4.95. The van der Waals surface area contributed by atoms with E-state index in [1.165, 1.54) is 16.9 Å². The first-order valence-electron chi connectivity index (χ1n) is 6.86. The second-order valence-electron chi connectivity index (χ2n) is 4.89. The number of aryl methyl sites for hydroxylation is 1. The van der Waals surface area contributed by atoms with Crippen LogP contribution in [0.3, 0.4) is 0 Å². The topological polar surface area (TPSA) is 67.6 Å². The maximum atomic E-state index is 11.6. The predicted molar refractivity (Wildman–Crippen MR) is 82.7 cm³/mol. The molecule has 0 spiro atoms. The van der Waals surface area contributed by atoms with Gasteiger partial charge in [0.15, 0.2) is 0 Å². The number of nitrogens with two attached hydrogens (primary N) is 1. The number of thiophene rings is 1. The molecule has 0 aliphatic carbocycles. The molecule has 1 heterocycles. The predicted octanol–water partition coefficient (Wildman–Crippen LogP) is 1.91. The van der Waals surface area contributed by atoms with Crippen LogP contribution in [0.25, 0.3) is 0 Å². The van der Waals surface area contributed by atoms with Crippen molar-refractivity contribution in [2.75, 3.05) is 20.3 Å². The molecular formula is C14H25N3O2S. The van der Waals surface area contributed by atoms with E-state index in [2.05, 4.69) is 24.2 Å². The Labute approximate surface area is 125 Å². The molecule has 1 atom stereocenters. The number of nitrogens with zero attached hydrogens (tertiary/aromatic N) is 1. The van der Waals surface area contributed by atoms with Crippen LogP contribution >= 0.6 is 11.3 Å². The Hall–Kier alpha value is -0.950. The van der Waals surface area contributed by atoms with Crippen molar-refractivity contribution in [2.45, 2.75) is 39.8 Å². The summed E-state index contributed by atoms with van der Waals surface area (Å²) < 4.78 is 5.18. The minimum atomic E-state index is -0.226. The first kappa shape index (κ1) is 17.1. The first-order chi connectivity index (χ1) is 9.53. The van der Waals surface area contributed by atoms with Gasteiger partial charge < -0.3 is 4.74 Å². The Morgan fingerprint density at radius 3 is 2.85 bits per heavy atom. The van der Waals surface area contributed by atoms with Gasteiger partial charge in [0, 0.05) is 31.1 Å². The van der Waals surface area contributed by atoms with Crippen molar-refractivity contribution < 1.29 is 9.53 Å². The molecule has 0 aromatic carbocycles. The molecule has 0 aliphatic rings. The number of carbonyl (C=O) groups excluding carboxylic acids is 1. The summed E-state index contributed by atoms with van der Waals surface area (Å²) in [7, 11) is 1.72. The highest BCUT2D eigenvalue weighted by Gasteiger charge is 2.17. The zero-order valence-electron chi connectivity index (χ0n) is 12.7. The number of nitrogen functional groups attached to an aromatic ring is 1. The van der Waals surface area contributed by atoms with E-state index in [-0.39, 0.29) is 5.91 Å². The van der Waals surface area contributed by atoms with Gasteiger partial charge in [-0.1, -0.05) is 6.92 Å². The maximum Gasteiger partial charge on any atom is 0.275 e. The molecule has 1 amide bonds. The molecule has 0 saturated heterocycles. The molecule has 0 radical (unpaired) electrons. The third kappa shape index (κ3) is 4.56. The third-order valence-corrected chi connectivity index (χ3v) is 4.64. The molecule has 1 unspecified atom stereocenters. The quantitative estimate of drug-likeness (QED) is 0.437. The van der Waals surface area contributed by atoms with Crippen molar-refractivity contribution >= 4 is 17.2 Å². The van der Waals surface area contributed by atoms with Crippen molar-refractivity contribution in [1.29, 1.82) is 0 Å².